The van der Waals surface area contributed by atoms with Gasteiger partial charge in [0.1, 0.15) is 0 Å². The lowest BCUT2D eigenvalue weighted by Crippen LogP contribution is -2.34. The fourth-order valence-corrected chi connectivity index (χ4v) is 1.36. The Hall–Kier alpha value is -1.89. The van der Waals surface area contributed by atoms with Crippen molar-refractivity contribution in [3.63, 3.8) is 0 Å². The van der Waals surface area contributed by atoms with Gasteiger partial charge in [-0.1, -0.05) is 0 Å². The number of amides is 1. The van der Waals surface area contributed by atoms with Crippen LogP contribution in [0.15, 0.2) is 12.5 Å². The number of nitrogens with one attached hydrogen (secondary N) is 2. The van der Waals surface area contributed by atoms with E-state index in [4.69, 9.17) is 10.8 Å². The summed E-state index contributed by atoms with van der Waals surface area (Å²) in [4.78, 5) is 28.5. The van der Waals surface area contributed by atoms with Gasteiger partial charge in [0.15, 0.2) is 0 Å². The molecular weight excluding hydrogens is 224 g/mol. The Bertz CT molecular complexity index is 364. The summed E-state index contributed by atoms with van der Waals surface area (Å²) in [5.74, 6) is -1.24. The molecule has 0 aliphatic heterocycles. The Kier molecular flexibility index (Phi) is 5.15. The number of aromatic amines is 1. The van der Waals surface area contributed by atoms with Gasteiger partial charge in [0.2, 0.25) is 5.91 Å². The van der Waals surface area contributed by atoms with Crippen molar-refractivity contribution in [3.05, 3.63) is 18.2 Å². The van der Waals surface area contributed by atoms with Crippen molar-refractivity contribution in [3.8, 4) is 0 Å². The van der Waals surface area contributed by atoms with Crippen LogP contribution in [0.1, 0.15) is 18.5 Å². The summed E-state index contributed by atoms with van der Waals surface area (Å²) in [6.45, 7) is 0.473. The van der Waals surface area contributed by atoms with Gasteiger partial charge >= 0.3 is 5.97 Å². The second kappa shape index (κ2) is 6.64. The van der Waals surface area contributed by atoms with Crippen LogP contribution in [0, 0.1) is 0 Å². The molecule has 7 heteroatoms. The number of imidazole rings is 1. The highest BCUT2D eigenvalue weighted by Gasteiger charge is 2.12. The molecule has 0 aliphatic carbocycles. The average molecular weight is 240 g/mol. The number of hydrogen-bond donors (Lipinski definition) is 4. The normalized spacial score (nSPS) is 12.1. The third-order valence-corrected chi connectivity index (χ3v) is 2.16. The number of nitrogens with two attached hydrogens (primary N) is 1. The van der Waals surface area contributed by atoms with Gasteiger partial charge in [-0.25, -0.2) is 4.98 Å². The molecule has 17 heavy (non-hydrogen) atoms. The summed E-state index contributed by atoms with van der Waals surface area (Å²) in [5, 5.41) is 11.1. The van der Waals surface area contributed by atoms with E-state index in [0.29, 0.717) is 13.0 Å². The van der Waals surface area contributed by atoms with Crippen LogP contribution in [0.2, 0.25) is 0 Å². The Morgan fingerprint density at radius 3 is 2.88 bits per heavy atom. The zero-order chi connectivity index (χ0) is 12.7. The molecule has 0 spiro atoms. The molecule has 1 amide bonds. The van der Waals surface area contributed by atoms with Gasteiger partial charge in [-0.2, -0.15) is 0 Å². The van der Waals surface area contributed by atoms with Gasteiger partial charge in [-0.3, -0.25) is 9.59 Å². The first-order valence-corrected chi connectivity index (χ1v) is 5.29. The molecule has 1 heterocycles. The van der Waals surface area contributed by atoms with Crippen LogP contribution in [-0.4, -0.2) is 39.5 Å². The highest BCUT2D eigenvalue weighted by molar-refractivity contribution is 5.77. The molecule has 5 N–H and O–H groups in total. The third-order valence-electron chi connectivity index (χ3n) is 2.16. The summed E-state index contributed by atoms with van der Waals surface area (Å²) >= 11 is 0. The van der Waals surface area contributed by atoms with Gasteiger partial charge in [0.25, 0.3) is 0 Å². The van der Waals surface area contributed by atoms with Gasteiger partial charge in [-0.05, 0) is 0 Å². The molecule has 1 unspecified atom stereocenters. The Morgan fingerprint density at radius 1 is 1.53 bits per heavy atom. The van der Waals surface area contributed by atoms with E-state index in [1.165, 1.54) is 0 Å². The first kappa shape index (κ1) is 13.2. The summed E-state index contributed by atoms with van der Waals surface area (Å²) in [6, 6.07) is -0.639. The largest absolute Gasteiger partial charge is 0.481 e. The van der Waals surface area contributed by atoms with E-state index in [0.717, 1.165) is 5.69 Å². The Morgan fingerprint density at radius 2 is 2.29 bits per heavy atom. The van der Waals surface area contributed by atoms with E-state index in [1.807, 2.05) is 0 Å². The maximum absolute atomic E-state index is 11.4. The van der Waals surface area contributed by atoms with Gasteiger partial charge < -0.3 is 21.1 Å². The fourth-order valence-electron chi connectivity index (χ4n) is 1.36. The van der Waals surface area contributed by atoms with Crippen LogP contribution in [0.4, 0.5) is 0 Å². The molecule has 0 saturated heterocycles. The minimum atomic E-state index is -0.997. The van der Waals surface area contributed by atoms with Crippen molar-refractivity contribution in [1.82, 2.24) is 15.3 Å². The van der Waals surface area contributed by atoms with Crippen molar-refractivity contribution < 1.29 is 14.7 Å². The number of H-pyrrole nitrogens is 1. The van der Waals surface area contributed by atoms with Crippen LogP contribution < -0.4 is 11.1 Å². The number of carboxylic acid groups (broad SMARTS) is 1. The first-order valence-electron chi connectivity index (χ1n) is 5.29. The first-order chi connectivity index (χ1) is 8.08. The molecule has 1 atom stereocenters. The highest BCUT2D eigenvalue weighted by Crippen LogP contribution is 1.95. The van der Waals surface area contributed by atoms with E-state index in [1.54, 1.807) is 12.5 Å². The second-order valence-corrected chi connectivity index (χ2v) is 3.74. The summed E-state index contributed by atoms with van der Waals surface area (Å²) in [5.41, 5.74) is 6.41. The second-order valence-electron chi connectivity index (χ2n) is 3.74. The molecule has 1 rings (SSSR count). The summed E-state index contributed by atoms with van der Waals surface area (Å²) in [6.07, 6.45) is 3.73. The Labute approximate surface area is 98.4 Å². The summed E-state index contributed by atoms with van der Waals surface area (Å²) in [7, 11) is 0. The lowest BCUT2D eigenvalue weighted by Gasteiger charge is -2.08. The molecule has 0 saturated carbocycles. The minimum absolute atomic E-state index is 0.0231. The van der Waals surface area contributed by atoms with E-state index in [-0.39, 0.29) is 18.7 Å². The zero-order valence-electron chi connectivity index (χ0n) is 9.35. The monoisotopic (exact) mass is 240 g/mol. The topological polar surface area (TPSA) is 121 Å². The number of hydrogen-bond acceptors (Lipinski definition) is 4. The number of nitrogens with zero attached hydrogens (tertiary/aromatic N) is 1. The quantitative estimate of drug-likeness (QED) is 0.500. The number of carbonyl (C=O) groups excluding carboxylic acids is 1. The molecule has 0 radical (unpaired) electrons. The lowest BCUT2D eigenvalue weighted by molar-refractivity contribution is -0.137. The molecule has 1 aromatic heterocycles. The number of carbonyl (C=O) groups is 2. The highest BCUT2D eigenvalue weighted by atomic mass is 16.4. The van der Waals surface area contributed by atoms with Crippen LogP contribution >= 0.6 is 0 Å². The van der Waals surface area contributed by atoms with Gasteiger partial charge in [0.05, 0.1) is 12.7 Å². The maximum atomic E-state index is 11.4. The molecule has 0 aliphatic rings. The molecule has 7 nitrogen and oxygen atoms in total. The predicted molar refractivity (Wildman–Crippen MR) is 60.1 cm³/mol. The van der Waals surface area contributed by atoms with Crippen molar-refractivity contribution >= 4 is 11.9 Å². The average Bonchev–Trinajstić information content (AvgIpc) is 2.68. The third kappa shape index (κ3) is 5.67. The van der Waals surface area contributed by atoms with Gasteiger partial charge in [-0.15, -0.1) is 0 Å². The fraction of sp³-hybridized carbons (Fsp3) is 0.500. The van der Waals surface area contributed by atoms with Crippen LogP contribution in [0.5, 0.6) is 0 Å². The summed E-state index contributed by atoms with van der Waals surface area (Å²) < 4.78 is 0. The lowest BCUT2D eigenvalue weighted by atomic mass is 10.1. The number of carboxylic acids is 1. The van der Waals surface area contributed by atoms with E-state index < -0.39 is 12.0 Å². The predicted octanol–water partition coefficient (Wildman–Crippen LogP) is -0.739. The molecule has 0 aromatic carbocycles. The van der Waals surface area contributed by atoms with Crippen molar-refractivity contribution in [1.29, 1.82) is 0 Å². The maximum Gasteiger partial charge on any atom is 0.304 e. The minimum Gasteiger partial charge on any atom is -0.481 e. The smallest absolute Gasteiger partial charge is 0.304 e. The SMILES string of the molecule is NC(CC(=O)O)CC(=O)NCCc1cnc[nH]1. The zero-order valence-corrected chi connectivity index (χ0v) is 9.35. The standard InChI is InChI=1S/C10H16N4O3/c11-7(4-10(16)17)3-9(15)13-2-1-8-5-12-6-14-8/h5-7H,1-4,11H2,(H,12,14)(H,13,15)(H,16,17). The number of rotatable bonds is 7. The van der Waals surface area contributed by atoms with Crippen LogP contribution in [-0.2, 0) is 16.0 Å². The number of aliphatic carboxylic acids is 1. The van der Waals surface area contributed by atoms with Crippen LogP contribution in [0.25, 0.3) is 0 Å². The molecule has 0 fully saturated rings. The van der Waals surface area contributed by atoms with Crippen LogP contribution in [0.3, 0.4) is 0 Å². The van der Waals surface area contributed by atoms with Gasteiger partial charge in [0, 0.05) is 37.3 Å². The molecular formula is C10H16N4O3. The van der Waals surface area contributed by atoms with Crippen molar-refractivity contribution in [2.75, 3.05) is 6.54 Å². The molecule has 0 bridgehead atoms. The van der Waals surface area contributed by atoms with E-state index in [9.17, 15) is 9.59 Å². The van der Waals surface area contributed by atoms with E-state index in [2.05, 4.69) is 15.3 Å². The Balaban J connectivity index is 2.14. The molecule has 94 valence electrons. The van der Waals surface area contributed by atoms with E-state index >= 15 is 0 Å². The van der Waals surface area contributed by atoms with Crippen molar-refractivity contribution in [2.45, 2.75) is 25.3 Å². The molecule has 1 aromatic rings. The number of aromatic nitrogens is 2. The van der Waals surface area contributed by atoms with Crippen molar-refractivity contribution in [2.24, 2.45) is 5.73 Å².